The Bertz CT molecular complexity index is 394. The Kier molecular flexibility index (Phi) is 3.46. The van der Waals surface area contributed by atoms with E-state index < -0.39 is 0 Å². The molecule has 3 nitrogen and oxygen atoms in total. The number of hydrogen-bond donors (Lipinski definition) is 1. The lowest BCUT2D eigenvalue weighted by Gasteiger charge is -2.16. The summed E-state index contributed by atoms with van der Waals surface area (Å²) in [5, 5.41) is 0.598. The van der Waals surface area contributed by atoms with Crippen LogP contribution in [0.3, 0.4) is 0 Å². The van der Waals surface area contributed by atoms with Gasteiger partial charge < -0.3 is 10.6 Å². The van der Waals surface area contributed by atoms with E-state index in [1.807, 2.05) is 4.90 Å². The van der Waals surface area contributed by atoms with Crippen LogP contribution in [-0.4, -0.2) is 30.4 Å². The van der Waals surface area contributed by atoms with Crippen LogP contribution in [0.4, 0.5) is 0 Å². The molecule has 1 atom stereocenters. The molecule has 16 heavy (non-hydrogen) atoms. The first-order valence-corrected chi connectivity index (χ1v) is 5.83. The molecular formula is C12H15ClN2O. The molecule has 0 radical (unpaired) electrons. The average molecular weight is 239 g/mol. The summed E-state index contributed by atoms with van der Waals surface area (Å²) >= 11 is 5.86. The normalized spacial score (nSPS) is 20.1. The number of nitrogens with zero attached hydrogens (tertiary/aromatic N) is 1. The summed E-state index contributed by atoms with van der Waals surface area (Å²) in [6.45, 7) is 2.22. The minimum atomic E-state index is 0.0541. The number of carbonyl (C=O) groups is 1. The summed E-state index contributed by atoms with van der Waals surface area (Å²) in [5.74, 6) is 0.501. The number of likely N-dealkylation sites (tertiary alicyclic amines) is 1. The number of hydrogen-bond acceptors (Lipinski definition) is 2. The van der Waals surface area contributed by atoms with Gasteiger partial charge in [-0.25, -0.2) is 0 Å². The van der Waals surface area contributed by atoms with Gasteiger partial charge in [0.1, 0.15) is 0 Å². The van der Waals surface area contributed by atoms with Crippen molar-refractivity contribution in [3.8, 4) is 0 Å². The van der Waals surface area contributed by atoms with Crippen molar-refractivity contribution in [1.29, 1.82) is 0 Å². The summed E-state index contributed by atoms with van der Waals surface area (Å²) in [5.41, 5.74) is 6.26. The van der Waals surface area contributed by atoms with Gasteiger partial charge in [-0.15, -0.1) is 0 Å². The molecule has 0 saturated carbocycles. The maximum absolute atomic E-state index is 12.1. The monoisotopic (exact) mass is 238 g/mol. The molecule has 2 N–H and O–H groups in total. The predicted molar refractivity (Wildman–Crippen MR) is 64.5 cm³/mol. The molecule has 4 heteroatoms. The average Bonchev–Trinajstić information content (AvgIpc) is 2.76. The summed E-state index contributed by atoms with van der Waals surface area (Å²) in [7, 11) is 0. The van der Waals surface area contributed by atoms with Gasteiger partial charge in [-0.3, -0.25) is 4.79 Å². The Morgan fingerprint density at radius 2 is 2.38 bits per heavy atom. The van der Waals surface area contributed by atoms with Gasteiger partial charge in [0.25, 0.3) is 5.91 Å². The van der Waals surface area contributed by atoms with Crippen molar-refractivity contribution < 1.29 is 4.79 Å². The molecule has 1 aliphatic heterocycles. The quantitative estimate of drug-likeness (QED) is 0.854. The van der Waals surface area contributed by atoms with Crippen LogP contribution >= 0.6 is 11.6 Å². The molecule has 1 unspecified atom stereocenters. The van der Waals surface area contributed by atoms with E-state index in [2.05, 4.69) is 0 Å². The topological polar surface area (TPSA) is 46.3 Å². The van der Waals surface area contributed by atoms with Crippen molar-refractivity contribution in [3.63, 3.8) is 0 Å². The van der Waals surface area contributed by atoms with Gasteiger partial charge >= 0.3 is 0 Å². The van der Waals surface area contributed by atoms with Crippen molar-refractivity contribution >= 4 is 17.5 Å². The van der Waals surface area contributed by atoms with Crippen LogP contribution in [0.15, 0.2) is 24.3 Å². The summed E-state index contributed by atoms with van der Waals surface area (Å²) in [6.07, 6.45) is 1.00. The van der Waals surface area contributed by atoms with Crippen LogP contribution in [-0.2, 0) is 0 Å². The molecule has 1 amide bonds. The molecular weight excluding hydrogens is 224 g/mol. The minimum absolute atomic E-state index is 0.0541. The van der Waals surface area contributed by atoms with Crippen LogP contribution in [0.2, 0.25) is 5.02 Å². The Labute approximate surface area is 100 Å². The number of rotatable bonds is 2. The molecule has 1 saturated heterocycles. The first-order chi connectivity index (χ1) is 7.70. The minimum Gasteiger partial charge on any atom is -0.338 e. The van der Waals surface area contributed by atoms with Crippen LogP contribution in [0, 0.1) is 5.92 Å². The second-order valence-corrected chi connectivity index (χ2v) is 4.59. The van der Waals surface area contributed by atoms with Crippen LogP contribution < -0.4 is 5.73 Å². The third-order valence-electron chi connectivity index (χ3n) is 2.98. The highest BCUT2D eigenvalue weighted by Crippen LogP contribution is 2.19. The second kappa shape index (κ2) is 4.85. The third-order valence-corrected chi connectivity index (χ3v) is 3.21. The van der Waals surface area contributed by atoms with Gasteiger partial charge in [0.05, 0.1) is 0 Å². The van der Waals surface area contributed by atoms with Gasteiger partial charge in [0.15, 0.2) is 0 Å². The summed E-state index contributed by atoms with van der Waals surface area (Å²) in [6, 6.07) is 7.07. The Hall–Kier alpha value is -1.06. The van der Waals surface area contributed by atoms with E-state index in [4.69, 9.17) is 17.3 Å². The van der Waals surface area contributed by atoms with Crippen molar-refractivity contribution in [2.45, 2.75) is 6.42 Å². The molecule has 0 spiro atoms. The highest BCUT2D eigenvalue weighted by atomic mass is 35.5. The first kappa shape index (κ1) is 11.4. The maximum atomic E-state index is 12.1. The van der Waals surface area contributed by atoms with Crippen molar-refractivity contribution in [3.05, 3.63) is 34.9 Å². The fourth-order valence-corrected chi connectivity index (χ4v) is 2.20. The highest BCUT2D eigenvalue weighted by Gasteiger charge is 2.25. The Morgan fingerprint density at radius 1 is 1.56 bits per heavy atom. The van der Waals surface area contributed by atoms with E-state index in [-0.39, 0.29) is 5.91 Å². The number of nitrogens with two attached hydrogens (primary N) is 1. The van der Waals surface area contributed by atoms with Crippen LogP contribution in [0.5, 0.6) is 0 Å². The molecule has 2 rings (SSSR count). The summed E-state index contributed by atoms with van der Waals surface area (Å²) in [4.78, 5) is 13.9. The third kappa shape index (κ3) is 2.36. The van der Waals surface area contributed by atoms with Crippen LogP contribution in [0.1, 0.15) is 16.8 Å². The van der Waals surface area contributed by atoms with Gasteiger partial charge in [-0.2, -0.15) is 0 Å². The number of halogens is 1. The smallest absolute Gasteiger partial charge is 0.253 e. The molecule has 86 valence electrons. The lowest BCUT2D eigenvalue weighted by Crippen LogP contribution is -2.29. The highest BCUT2D eigenvalue weighted by molar-refractivity contribution is 6.30. The van der Waals surface area contributed by atoms with E-state index in [0.717, 1.165) is 19.5 Å². The maximum Gasteiger partial charge on any atom is 0.253 e. The zero-order valence-electron chi connectivity index (χ0n) is 9.03. The lowest BCUT2D eigenvalue weighted by atomic mass is 10.1. The van der Waals surface area contributed by atoms with Crippen molar-refractivity contribution in [2.24, 2.45) is 11.7 Å². The number of carbonyl (C=O) groups excluding carboxylic acids is 1. The van der Waals surface area contributed by atoms with E-state index in [0.29, 0.717) is 23.0 Å². The van der Waals surface area contributed by atoms with Crippen molar-refractivity contribution in [2.75, 3.05) is 19.6 Å². The lowest BCUT2D eigenvalue weighted by molar-refractivity contribution is 0.0787. The first-order valence-electron chi connectivity index (χ1n) is 5.45. The summed E-state index contributed by atoms with van der Waals surface area (Å²) < 4.78 is 0. The van der Waals surface area contributed by atoms with Gasteiger partial charge in [-0.05, 0) is 37.1 Å². The Balaban J connectivity index is 2.08. The second-order valence-electron chi connectivity index (χ2n) is 4.15. The molecule has 1 heterocycles. The Morgan fingerprint density at radius 3 is 3.00 bits per heavy atom. The zero-order valence-corrected chi connectivity index (χ0v) is 9.78. The van der Waals surface area contributed by atoms with E-state index in [9.17, 15) is 4.79 Å². The number of benzene rings is 1. The largest absolute Gasteiger partial charge is 0.338 e. The molecule has 1 aromatic carbocycles. The van der Waals surface area contributed by atoms with Gasteiger partial charge in [0.2, 0.25) is 0 Å². The molecule has 1 aromatic rings. The number of amides is 1. The standard InChI is InChI=1S/C12H15ClN2O/c13-11-3-1-2-10(6-11)12(16)15-5-4-9(7-14)8-15/h1-3,6,9H,4-5,7-8,14H2. The molecule has 0 aromatic heterocycles. The van der Waals surface area contributed by atoms with E-state index in [1.54, 1.807) is 24.3 Å². The SMILES string of the molecule is NCC1CCN(C(=O)c2cccc(Cl)c2)C1. The van der Waals surface area contributed by atoms with Crippen molar-refractivity contribution in [1.82, 2.24) is 4.90 Å². The van der Waals surface area contributed by atoms with Gasteiger partial charge in [-0.1, -0.05) is 17.7 Å². The molecule has 1 aliphatic rings. The zero-order chi connectivity index (χ0) is 11.5. The fourth-order valence-electron chi connectivity index (χ4n) is 2.01. The van der Waals surface area contributed by atoms with E-state index >= 15 is 0 Å². The molecule has 1 fully saturated rings. The van der Waals surface area contributed by atoms with Crippen LogP contribution in [0.25, 0.3) is 0 Å². The molecule has 0 aliphatic carbocycles. The predicted octanol–water partition coefficient (Wildman–Crippen LogP) is 1.76. The molecule has 0 bridgehead atoms. The van der Waals surface area contributed by atoms with Gasteiger partial charge in [0, 0.05) is 23.7 Å². The van der Waals surface area contributed by atoms with E-state index in [1.165, 1.54) is 0 Å². The fraction of sp³-hybridized carbons (Fsp3) is 0.417.